The van der Waals surface area contributed by atoms with Gasteiger partial charge in [-0.05, 0) is 21.9 Å². The van der Waals surface area contributed by atoms with E-state index in [-0.39, 0.29) is 5.82 Å². The van der Waals surface area contributed by atoms with Gasteiger partial charge in [-0.2, -0.15) is 0 Å². The number of primary amides is 1. The molecule has 1 aromatic rings. The van der Waals surface area contributed by atoms with Gasteiger partial charge in [-0.1, -0.05) is 0 Å². The standard InChI is InChI=1S/C7H4BrN3O/c8-5-3-10-7(11-4-5)2-1-6(9)12/h3-4H,(H2,9,12). The number of aromatic nitrogens is 2. The topological polar surface area (TPSA) is 68.9 Å². The molecule has 0 atom stereocenters. The number of carbonyl (C=O) groups is 1. The second-order valence-electron chi connectivity index (χ2n) is 1.84. The maximum Gasteiger partial charge on any atom is 0.293 e. The second kappa shape index (κ2) is 3.83. The Hall–Kier alpha value is -1.41. The Balaban J connectivity index is 2.86. The van der Waals surface area contributed by atoms with Crippen molar-refractivity contribution >= 4 is 21.8 Å². The molecular weight excluding hydrogens is 222 g/mol. The Morgan fingerprint density at radius 3 is 2.58 bits per heavy atom. The van der Waals surface area contributed by atoms with Gasteiger partial charge in [-0.3, -0.25) is 4.79 Å². The highest BCUT2D eigenvalue weighted by Crippen LogP contribution is 2.03. The minimum atomic E-state index is -0.693. The van der Waals surface area contributed by atoms with Gasteiger partial charge in [0.15, 0.2) is 0 Å². The predicted octanol–water partition coefficient (Wildman–Crippen LogP) is 0.0759. The molecule has 0 saturated heterocycles. The summed E-state index contributed by atoms with van der Waals surface area (Å²) in [5.74, 6) is 4.12. The number of halogens is 1. The molecule has 4 nitrogen and oxygen atoms in total. The van der Waals surface area contributed by atoms with Crippen molar-refractivity contribution in [3.63, 3.8) is 0 Å². The minimum absolute atomic E-state index is 0.275. The van der Waals surface area contributed by atoms with Crippen LogP contribution in [0.1, 0.15) is 5.82 Å². The molecular formula is C7H4BrN3O. The molecule has 5 heteroatoms. The molecule has 0 spiro atoms. The summed E-state index contributed by atoms with van der Waals surface area (Å²) in [6.07, 6.45) is 3.08. The smallest absolute Gasteiger partial charge is 0.293 e. The van der Waals surface area contributed by atoms with E-state index in [2.05, 4.69) is 37.7 Å². The fourth-order valence-electron chi connectivity index (χ4n) is 0.494. The van der Waals surface area contributed by atoms with Crippen molar-refractivity contribution < 1.29 is 4.79 Å². The van der Waals surface area contributed by atoms with Crippen LogP contribution >= 0.6 is 15.9 Å². The average molecular weight is 226 g/mol. The van der Waals surface area contributed by atoms with Crippen molar-refractivity contribution in [1.82, 2.24) is 9.97 Å². The predicted molar refractivity (Wildman–Crippen MR) is 45.8 cm³/mol. The van der Waals surface area contributed by atoms with Crippen LogP contribution in [0.2, 0.25) is 0 Å². The van der Waals surface area contributed by atoms with E-state index in [9.17, 15) is 4.79 Å². The van der Waals surface area contributed by atoms with Crippen LogP contribution in [0.5, 0.6) is 0 Å². The zero-order chi connectivity index (χ0) is 8.97. The van der Waals surface area contributed by atoms with Crippen molar-refractivity contribution in [2.24, 2.45) is 5.73 Å². The largest absolute Gasteiger partial charge is 0.359 e. The van der Waals surface area contributed by atoms with Gasteiger partial charge in [0.05, 0.1) is 4.47 Å². The Morgan fingerprint density at radius 2 is 2.08 bits per heavy atom. The van der Waals surface area contributed by atoms with Crippen LogP contribution in [0.4, 0.5) is 0 Å². The first-order valence-corrected chi connectivity index (χ1v) is 3.77. The highest BCUT2D eigenvalue weighted by Gasteiger charge is 1.90. The molecule has 0 aliphatic carbocycles. The maximum absolute atomic E-state index is 10.2. The fourth-order valence-corrected chi connectivity index (χ4v) is 0.699. The Labute approximate surface area is 77.3 Å². The molecule has 2 N–H and O–H groups in total. The summed E-state index contributed by atoms with van der Waals surface area (Å²) in [7, 11) is 0. The van der Waals surface area contributed by atoms with Gasteiger partial charge < -0.3 is 5.73 Å². The van der Waals surface area contributed by atoms with Crippen LogP contribution in [-0.4, -0.2) is 15.9 Å². The molecule has 0 bridgehead atoms. The minimum Gasteiger partial charge on any atom is -0.359 e. The summed E-state index contributed by atoms with van der Waals surface area (Å²) in [5.41, 5.74) is 4.79. The summed E-state index contributed by atoms with van der Waals surface area (Å²) in [6.45, 7) is 0. The zero-order valence-electron chi connectivity index (χ0n) is 5.91. The van der Waals surface area contributed by atoms with Crippen LogP contribution in [0.3, 0.4) is 0 Å². The molecule has 1 aromatic heterocycles. The number of nitrogens with zero attached hydrogens (tertiary/aromatic N) is 2. The molecule has 1 rings (SSSR count). The summed E-state index contributed by atoms with van der Waals surface area (Å²) in [4.78, 5) is 17.8. The number of nitrogens with two attached hydrogens (primary N) is 1. The fraction of sp³-hybridized carbons (Fsp3) is 0. The molecule has 0 unspecified atom stereocenters. The highest BCUT2D eigenvalue weighted by atomic mass is 79.9. The lowest BCUT2D eigenvalue weighted by Gasteiger charge is -1.87. The van der Waals surface area contributed by atoms with Gasteiger partial charge in [0, 0.05) is 18.3 Å². The molecule has 1 amide bonds. The van der Waals surface area contributed by atoms with Crippen LogP contribution in [0, 0.1) is 11.8 Å². The number of hydrogen-bond acceptors (Lipinski definition) is 3. The Kier molecular flexibility index (Phi) is 2.77. The molecule has 0 radical (unpaired) electrons. The van der Waals surface area contributed by atoms with Gasteiger partial charge in [0.2, 0.25) is 5.82 Å². The lowest BCUT2D eigenvalue weighted by Crippen LogP contribution is -2.06. The van der Waals surface area contributed by atoms with E-state index >= 15 is 0 Å². The lowest BCUT2D eigenvalue weighted by atomic mass is 10.5. The van der Waals surface area contributed by atoms with E-state index in [0.717, 1.165) is 4.47 Å². The maximum atomic E-state index is 10.2. The van der Waals surface area contributed by atoms with Crippen LogP contribution < -0.4 is 5.73 Å². The quantitative estimate of drug-likeness (QED) is 0.636. The Bertz CT molecular complexity index is 349. The van der Waals surface area contributed by atoms with Gasteiger partial charge >= 0.3 is 0 Å². The van der Waals surface area contributed by atoms with Crippen LogP contribution in [0.25, 0.3) is 0 Å². The number of amides is 1. The van der Waals surface area contributed by atoms with Crippen molar-refractivity contribution in [2.75, 3.05) is 0 Å². The SMILES string of the molecule is NC(=O)C#Cc1ncc(Br)cn1. The first-order valence-electron chi connectivity index (χ1n) is 2.97. The van der Waals surface area contributed by atoms with E-state index in [1.807, 2.05) is 0 Å². The highest BCUT2D eigenvalue weighted by molar-refractivity contribution is 9.10. The first kappa shape index (κ1) is 8.68. The van der Waals surface area contributed by atoms with Crippen molar-refractivity contribution in [2.45, 2.75) is 0 Å². The lowest BCUT2D eigenvalue weighted by molar-refractivity contribution is -0.112. The normalized spacial score (nSPS) is 8.42. The van der Waals surface area contributed by atoms with Gasteiger partial charge in [0.25, 0.3) is 5.91 Å². The molecule has 60 valence electrons. The third-order valence-electron chi connectivity index (χ3n) is 0.918. The molecule has 0 aromatic carbocycles. The third-order valence-corrected chi connectivity index (χ3v) is 1.33. The van der Waals surface area contributed by atoms with E-state index in [4.69, 9.17) is 5.73 Å². The van der Waals surface area contributed by atoms with Crippen molar-refractivity contribution in [3.8, 4) is 11.8 Å². The van der Waals surface area contributed by atoms with Crippen molar-refractivity contribution in [3.05, 3.63) is 22.7 Å². The molecule has 12 heavy (non-hydrogen) atoms. The van der Waals surface area contributed by atoms with E-state index in [0.29, 0.717) is 0 Å². The summed E-state index contributed by atoms with van der Waals surface area (Å²) < 4.78 is 0.757. The second-order valence-corrected chi connectivity index (χ2v) is 2.75. The van der Waals surface area contributed by atoms with E-state index < -0.39 is 5.91 Å². The average Bonchev–Trinajstić information content (AvgIpc) is 2.03. The summed E-state index contributed by atoms with van der Waals surface area (Å²) in [6, 6.07) is 0. The van der Waals surface area contributed by atoms with E-state index in [1.54, 1.807) is 0 Å². The van der Waals surface area contributed by atoms with E-state index in [1.165, 1.54) is 12.4 Å². The molecule has 0 aliphatic heterocycles. The molecule has 0 saturated carbocycles. The molecule has 1 heterocycles. The monoisotopic (exact) mass is 225 g/mol. The van der Waals surface area contributed by atoms with Crippen LogP contribution in [0.15, 0.2) is 16.9 Å². The first-order chi connectivity index (χ1) is 5.68. The summed E-state index contributed by atoms with van der Waals surface area (Å²) >= 11 is 3.16. The number of carbonyl (C=O) groups excluding carboxylic acids is 1. The van der Waals surface area contributed by atoms with Gasteiger partial charge in [-0.25, -0.2) is 9.97 Å². The third kappa shape index (κ3) is 2.68. The number of rotatable bonds is 0. The molecule has 0 aliphatic rings. The molecule has 0 fully saturated rings. The zero-order valence-corrected chi connectivity index (χ0v) is 7.50. The van der Waals surface area contributed by atoms with Crippen molar-refractivity contribution in [1.29, 1.82) is 0 Å². The van der Waals surface area contributed by atoms with Crippen LogP contribution in [-0.2, 0) is 4.79 Å². The van der Waals surface area contributed by atoms with Gasteiger partial charge in [0.1, 0.15) is 0 Å². The van der Waals surface area contributed by atoms with Gasteiger partial charge in [-0.15, -0.1) is 0 Å². The number of hydrogen-bond donors (Lipinski definition) is 1. The summed E-state index contributed by atoms with van der Waals surface area (Å²) in [5, 5.41) is 0. The Morgan fingerprint density at radius 1 is 1.50 bits per heavy atom.